The maximum absolute atomic E-state index is 14.0. The summed E-state index contributed by atoms with van der Waals surface area (Å²) in [4.78, 5) is 24.1. The molecule has 0 aromatic heterocycles. The molecule has 0 radical (unpaired) electrons. The Kier molecular flexibility index (Phi) is 7.73. The van der Waals surface area contributed by atoms with Crippen LogP contribution < -0.4 is 4.74 Å². The molecule has 2 aromatic carbocycles. The highest BCUT2D eigenvalue weighted by molar-refractivity contribution is 7.99. The molecule has 0 bridgehead atoms. The number of alkyl halides is 6. The summed E-state index contributed by atoms with van der Waals surface area (Å²) in [5, 5.41) is 9.18. The van der Waals surface area contributed by atoms with Crippen molar-refractivity contribution >= 4 is 29.7 Å². The molecule has 1 aliphatic heterocycles. The van der Waals surface area contributed by atoms with E-state index >= 15 is 0 Å². The zero-order valence-corrected chi connectivity index (χ0v) is 18.9. The summed E-state index contributed by atoms with van der Waals surface area (Å²) in [5.41, 5.74) is -4.70. The highest BCUT2D eigenvalue weighted by atomic mass is 32.2. The molecule has 188 valence electrons. The lowest BCUT2D eigenvalue weighted by Crippen LogP contribution is -2.39. The van der Waals surface area contributed by atoms with Crippen LogP contribution >= 0.6 is 11.8 Å². The number of likely N-dealkylation sites (tertiary alicyclic amines) is 1. The van der Waals surface area contributed by atoms with Gasteiger partial charge in [0, 0.05) is 17.5 Å². The summed E-state index contributed by atoms with van der Waals surface area (Å²) in [5.74, 6) is -1.98. The number of hydrogen-bond acceptors (Lipinski definition) is 4. The Morgan fingerprint density at radius 1 is 1.03 bits per heavy atom. The van der Waals surface area contributed by atoms with Gasteiger partial charge in [0.15, 0.2) is 0 Å². The van der Waals surface area contributed by atoms with Crippen LogP contribution in [0.1, 0.15) is 29.5 Å². The van der Waals surface area contributed by atoms with Crippen molar-refractivity contribution in [2.45, 2.75) is 41.0 Å². The molecule has 1 saturated heterocycles. The summed E-state index contributed by atoms with van der Waals surface area (Å²) in [7, 11) is 1.28. The Balaban J connectivity index is 2.09. The molecule has 0 unspecified atom stereocenters. The fraction of sp³-hybridized carbons (Fsp3) is 0.304. The first-order valence-electron chi connectivity index (χ1n) is 10.2. The number of para-hydroxylation sites is 1. The molecule has 1 fully saturated rings. The molecule has 5 nitrogen and oxygen atoms in total. The van der Waals surface area contributed by atoms with Gasteiger partial charge in [0.1, 0.15) is 11.8 Å². The molecule has 35 heavy (non-hydrogen) atoms. The lowest BCUT2D eigenvalue weighted by atomic mass is 9.99. The number of carboxylic acid groups (broad SMARTS) is 1. The second-order valence-electron chi connectivity index (χ2n) is 7.51. The predicted octanol–water partition coefficient (Wildman–Crippen LogP) is 5.97. The number of rotatable bonds is 6. The zero-order chi connectivity index (χ0) is 26.0. The SMILES string of the molecule is COc1ccccc1Sc1ccc(C=CC(=O)N2CCC[C@H]2C(=O)O)c(C(F)(F)F)c1C(F)(F)F. The number of halogens is 6. The van der Waals surface area contributed by atoms with Crippen LogP contribution in [0.5, 0.6) is 5.75 Å². The number of benzene rings is 2. The number of carbonyl (C=O) groups is 2. The quantitative estimate of drug-likeness (QED) is 0.376. The highest BCUT2D eigenvalue weighted by Gasteiger charge is 2.46. The van der Waals surface area contributed by atoms with Crippen LogP contribution in [-0.2, 0) is 21.9 Å². The van der Waals surface area contributed by atoms with Crippen LogP contribution in [-0.4, -0.2) is 41.6 Å². The van der Waals surface area contributed by atoms with E-state index in [9.17, 15) is 41.0 Å². The first kappa shape index (κ1) is 26.5. The van der Waals surface area contributed by atoms with Crippen LogP contribution in [0.25, 0.3) is 6.08 Å². The second kappa shape index (κ2) is 10.2. The van der Waals surface area contributed by atoms with Crippen molar-refractivity contribution in [2.24, 2.45) is 0 Å². The van der Waals surface area contributed by atoms with E-state index in [4.69, 9.17) is 4.74 Å². The number of nitrogens with zero attached hydrogens (tertiary/aromatic N) is 1. The molecular weight excluding hydrogens is 500 g/mol. The van der Waals surface area contributed by atoms with Gasteiger partial charge in [-0.3, -0.25) is 4.79 Å². The van der Waals surface area contributed by atoms with Crippen LogP contribution in [0.4, 0.5) is 26.3 Å². The molecule has 1 aliphatic rings. The first-order valence-corrected chi connectivity index (χ1v) is 11.0. The third kappa shape index (κ3) is 5.92. The van der Waals surface area contributed by atoms with Gasteiger partial charge in [-0.15, -0.1) is 0 Å². The third-order valence-electron chi connectivity index (χ3n) is 5.28. The topological polar surface area (TPSA) is 66.8 Å². The van der Waals surface area contributed by atoms with Crippen molar-refractivity contribution < 1.29 is 45.8 Å². The van der Waals surface area contributed by atoms with Crippen LogP contribution in [0.3, 0.4) is 0 Å². The summed E-state index contributed by atoms with van der Waals surface area (Å²) >= 11 is 0.470. The average Bonchev–Trinajstić information content (AvgIpc) is 3.27. The number of carboxylic acids is 1. The molecule has 12 heteroatoms. The van der Waals surface area contributed by atoms with E-state index < -0.39 is 51.9 Å². The predicted molar refractivity (Wildman–Crippen MR) is 115 cm³/mol. The minimum atomic E-state index is -5.40. The maximum atomic E-state index is 14.0. The number of hydrogen-bond donors (Lipinski definition) is 1. The molecule has 0 spiro atoms. The second-order valence-corrected chi connectivity index (χ2v) is 8.60. The van der Waals surface area contributed by atoms with Crippen molar-refractivity contribution in [3.05, 3.63) is 59.2 Å². The summed E-state index contributed by atoms with van der Waals surface area (Å²) in [6.45, 7) is 0.0779. The standard InChI is InChI=1S/C23H19F6NO4S/c1-34-15-6-2-3-7-16(15)35-17-10-8-13(19(22(24,25)26)20(17)23(27,28)29)9-11-18(31)30-12-4-5-14(30)21(32)33/h2-3,6-11,14H,4-5,12H2,1H3,(H,32,33)/t14-/m0/s1. The smallest absolute Gasteiger partial charge is 0.418 e. The molecule has 2 aromatic rings. The Labute approximate surface area is 200 Å². The molecule has 1 N–H and O–H groups in total. The van der Waals surface area contributed by atoms with Gasteiger partial charge >= 0.3 is 18.3 Å². The van der Waals surface area contributed by atoms with E-state index in [1.807, 2.05) is 0 Å². The summed E-state index contributed by atoms with van der Waals surface area (Å²) < 4.78 is 88.9. The molecule has 3 rings (SSSR count). The number of carbonyl (C=O) groups excluding carboxylic acids is 1. The van der Waals surface area contributed by atoms with E-state index in [0.717, 1.165) is 17.0 Å². The minimum absolute atomic E-state index is 0.0779. The zero-order valence-electron chi connectivity index (χ0n) is 18.1. The molecule has 1 amide bonds. The van der Waals surface area contributed by atoms with Crippen molar-refractivity contribution in [2.75, 3.05) is 13.7 Å². The maximum Gasteiger partial charge on any atom is 0.418 e. The van der Waals surface area contributed by atoms with Gasteiger partial charge < -0.3 is 14.7 Å². The van der Waals surface area contributed by atoms with E-state index in [0.29, 0.717) is 30.3 Å². The Bertz CT molecular complexity index is 1150. The lowest BCUT2D eigenvalue weighted by Gasteiger charge is -2.22. The van der Waals surface area contributed by atoms with Gasteiger partial charge in [-0.1, -0.05) is 30.0 Å². The number of aliphatic carboxylic acids is 1. The normalized spacial score (nSPS) is 16.7. The number of ether oxygens (including phenoxy) is 1. The fourth-order valence-corrected chi connectivity index (χ4v) is 4.87. The third-order valence-corrected chi connectivity index (χ3v) is 6.40. The van der Waals surface area contributed by atoms with E-state index in [1.54, 1.807) is 6.07 Å². The minimum Gasteiger partial charge on any atom is -0.496 e. The molecular formula is C23H19F6NO4S. The van der Waals surface area contributed by atoms with Gasteiger partial charge in [-0.05, 0) is 42.7 Å². The van der Waals surface area contributed by atoms with Crippen molar-refractivity contribution in [1.29, 1.82) is 0 Å². The van der Waals surface area contributed by atoms with Crippen molar-refractivity contribution in [3.8, 4) is 5.75 Å². The molecule has 0 aliphatic carbocycles. The molecule has 1 heterocycles. The Hall–Kier alpha value is -3.15. The van der Waals surface area contributed by atoms with Crippen LogP contribution in [0.2, 0.25) is 0 Å². The monoisotopic (exact) mass is 519 g/mol. The lowest BCUT2D eigenvalue weighted by molar-refractivity contribution is -0.163. The highest BCUT2D eigenvalue weighted by Crippen LogP contribution is 2.49. The van der Waals surface area contributed by atoms with Crippen LogP contribution in [0.15, 0.2) is 52.3 Å². The summed E-state index contributed by atoms with van der Waals surface area (Å²) in [6, 6.07) is 6.56. The Morgan fingerprint density at radius 3 is 2.29 bits per heavy atom. The fourth-order valence-electron chi connectivity index (χ4n) is 3.78. The van der Waals surface area contributed by atoms with Gasteiger partial charge in [0.25, 0.3) is 0 Å². The van der Waals surface area contributed by atoms with Gasteiger partial charge in [0.05, 0.1) is 23.1 Å². The van der Waals surface area contributed by atoms with E-state index in [1.165, 1.54) is 25.3 Å². The van der Waals surface area contributed by atoms with Crippen molar-refractivity contribution in [1.82, 2.24) is 4.90 Å². The van der Waals surface area contributed by atoms with Crippen molar-refractivity contribution in [3.63, 3.8) is 0 Å². The van der Waals surface area contributed by atoms with Gasteiger partial charge in [-0.2, -0.15) is 26.3 Å². The van der Waals surface area contributed by atoms with E-state index in [-0.39, 0.29) is 23.6 Å². The van der Waals surface area contributed by atoms with E-state index in [2.05, 4.69) is 0 Å². The van der Waals surface area contributed by atoms with Crippen LogP contribution in [0, 0.1) is 0 Å². The largest absolute Gasteiger partial charge is 0.496 e. The number of amides is 1. The van der Waals surface area contributed by atoms with Gasteiger partial charge in [0.2, 0.25) is 5.91 Å². The number of methoxy groups -OCH3 is 1. The Morgan fingerprint density at radius 2 is 1.69 bits per heavy atom. The molecule has 1 atom stereocenters. The van der Waals surface area contributed by atoms with Gasteiger partial charge in [-0.25, -0.2) is 4.79 Å². The summed E-state index contributed by atoms with van der Waals surface area (Å²) in [6.07, 6.45) is -8.91. The molecule has 0 saturated carbocycles. The first-order chi connectivity index (χ1) is 16.3. The average molecular weight is 519 g/mol.